The highest BCUT2D eigenvalue weighted by atomic mass is 16.4. The lowest BCUT2D eigenvalue weighted by Gasteiger charge is -2.23. The van der Waals surface area contributed by atoms with Crippen LogP contribution in [0, 0.1) is 0 Å². The molecular formula is C19H25BN4O4. The molecule has 8 nitrogen and oxygen atoms in total. The predicted octanol–water partition coefficient (Wildman–Crippen LogP) is 0.505. The van der Waals surface area contributed by atoms with Crippen LogP contribution in [0.4, 0.5) is 0 Å². The molecule has 1 aromatic heterocycles. The molecule has 2 atom stereocenters. The number of carbonyl (C=O) groups excluding carboxylic acids is 2. The molecule has 0 saturated heterocycles. The first-order chi connectivity index (χ1) is 13.5. The summed E-state index contributed by atoms with van der Waals surface area (Å²) in [7, 11) is -1.68. The van der Waals surface area contributed by atoms with Gasteiger partial charge in [-0.05, 0) is 12.0 Å². The van der Waals surface area contributed by atoms with Crippen LogP contribution >= 0.6 is 0 Å². The molecule has 0 fully saturated rings. The molecule has 148 valence electrons. The summed E-state index contributed by atoms with van der Waals surface area (Å²) in [6.07, 6.45) is 6.43. The van der Waals surface area contributed by atoms with Gasteiger partial charge in [0.25, 0.3) is 5.91 Å². The zero-order valence-corrected chi connectivity index (χ0v) is 15.8. The van der Waals surface area contributed by atoms with Gasteiger partial charge in [0.05, 0.1) is 12.1 Å². The molecule has 1 heterocycles. The van der Waals surface area contributed by atoms with E-state index in [1.54, 1.807) is 0 Å². The maximum Gasteiger partial charge on any atom is 0.475 e. The fraction of sp³-hybridized carbons (Fsp3) is 0.368. The maximum absolute atomic E-state index is 12.8. The van der Waals surface area contributed by atoms with Crippen LogP contribution in [-0.2, 0) is 11.2 Å². The van der Waals surface area contributed by atoms with Crippen LogP contribution in [0.3, 0.4) is 0 Å². The molecule has 0 radical (unpaired) electrons. The van der Waals surface area contributed by atoms with Crippen LogP contribution in [0.1, 0.15) is 42.2 Å². The number of carbonyl (C=O) groups is 2. The molecule has 4 N–H and O–H groups in total. The summed E-state index contributed by atoms with van der Waals surface area (Å²) in [6.45, 7) is 1.97. The van der Waals surface area contributed by atoms with E-state index in [2.05, 4.69) is 20.6 Å². The average molecular weight is 384 g/mol. The Morgan fingerprint density at radius 1 is 1.14 bits per heavy atom. The summed E-state index contributed by atoms with van der Waals surface area (Å²) in [6, 6.07) is 8.35. The molecule has 0 aliphatic heterocycles. The molecule has 28 heavy (non-hydrogen) atoms. The van der Waals surface area contributed by atoms with Gasteiger partial charge in [-0.15, -0.1) is 0 Å². The summed E-state index contributed by atoms with van der Waals surface area (Å²) < 4.78 is 0. The van der Waals surface area contributed by atoms with Crippen LogP contribution in [0.5, 0.6) is 0 Å². The Bertz CT molecular complexity index is 746. The second kappa shape index (κ2) is 11.2. The Hall–Kier alpha value is -2.78. The van der Waals surface area contributed by atoms with E-state index in [0.29, 0.717) is 6.42 Å². The van der Waals surface area contributed by atoms with Crippen molar-refractivity contribution in [1.82, 2.24) is 20.6 Å². The van der Waals surface area contributed by atoms with E-state index >= 15 is 0 Å². The molecule has 2 aromatic rings. The predicted molar refractivity (Wildman–Crippen MR) is 105 cm³/mol. The number of unbranched alkanes of at least 4 members (excludes halogenated alkanes) is 1. The van der Waals surface area contributed by atoms with E-state index in [4.69, 9.17) is 0 Å². The van der Waals surface area contributed by atoms with Crippen molar-refractivity contribution in [2.45, 2.75) is 44.6 Å². The third-order valence-corrected chi connectivity index (χ3v) is 4.26. The van der Waals surface area contributed by atoms with Gasteiger partial charge in [0.2, 0.25) is 5.91 Å². The first-order valence-electron chi connectivity index (χ1n) is 9.28. The average Bonchev–Trinajstić information content (AvgIpc) is 2.71. The molecule has 1 aromatic carbocycles. The minimum Gasteiger partial charge on any atom is -0.426 e. The van der Waals surface area contributed by atoms with Crippen molar-refractivity contribution in [3.63, 3.8) is 0 Å². The second-order valence-corrected chi connectivity index (χ2v) is 6.48. The van der Waals surface area contributed by atoms with Crippen molar-refractivity contribution in [2.75, 3.05) is 0 Å². The van der Waals surface area contributed by atoms with Gasteiger partial charge in [0, 0.05) is 18.8 Å². The summed E-state index contributed by atoms with van der Waals surface area (Å²) in [5.41, 5.74) is 0.954. The van der Waals surface area contributed by atoms with Crippen molar-refractivity contribution in [2.24, 2.45) is 0 Å². The maximum atomic E-state index is 12.8. The van der Waals surface area contributed by atoms with Crippen molar-refractivity contribution >= 4 is 18.9 Å². The fourth-order valence-electron chi connectivity index (χ4n) is 2.71. The number of nitrogens with zero attached hydrogens (tertiary/aromatic N) is 2. The molecule has 2 rings (SSSR count). The summed E-state index contributed by atoms with van der Waals surface area (Å²) in [4.78, 5) is 33.1. The quantitative estimate of drug-likeness (QED) is 0.443. The SMILES string of the molecule is CCCCC(NC(=O)[C@H](Cc1ccccc1)NC(=O)c1cnccn1)B(O)O. The zero-order chi connectivity index (χ0) is 20.4. The van der Waals surface area contributed by atoms with Gasteiger partial charge in [-0.2, -0.15) is 0 Å². The smallest absolute Gasteiger partial charge is 0.426 e. The Morgan fingerprint density at radius 2 is 1.89 bits per heavy atom. The fourth-order valence-corrected chi connectivity index (χ4v) is 2.71. The van der Waals surface area contributed by atoms with Crippen LogP contribution in [0.25, 0.3) is 0 Å². The van der Waals surface area contributed by atoms with Crippen molar-refractivity contribution in [1.29, 1.82) is 0 Å². The largest absolute Gasteiger partial charge is 0.475 e. The Labute approximate surface area is 164 Å². The van der Waals surface area contributed by atoms with Gasteiger partial charge in [0.15, 0.2) is 0 Å². The lowest BCUT2D eigenvalue weighted by molar-refractivity contribution is -0.123. The lowest BCUT2D eigenvalue weighted by atomic mass is 9.76. The first-order valence-corrected chi connectivity index (χ1v) is 9.28. The van der Waals surface area contributed by atoms with Crippen molar-refractivity contribution in [3.05, 3.63) is 60.2 Å². The van der Waals surface area contributed by atoms with Crippen molar-refractivity contribution in [3.8, 4) is 0 Å². The van der Waals surface area contributed by atoms with Gasteiger partial charge in [-0.1, -0.05) is 50.1 Å². The highest BCUT2D eigenvalue weighted by Crippen LogP contribution is 2.07. The van der Waals surface area contributed by atoms with Crippen LogP contribution in [0.15, 0.2) is 48.9 Å². The molecule has 9 heteroatoms. The minimum atomic E-state index is -1.68. The normalized spacial score (nSPS) is 12.7. The van der Waals surface area contributed by atoms with Gasteiger partial charge in [-0.3, -0.25) is 14.6 Å². The highest BCUT2D eigenvalue weighted by molar-refractivity contribution is 6.43. The molecule has 0 bridgehead atoms. The molecule has 0 aliphatic carbocycles. The molecule has 0 aliphatic rings. The van der Waals surface area contributed by atoms with Crippen LogP contribution in [-0.4, -0.2) is 50.9 Å². The third-order valence-electron chi connectivity index (χ3n) is 4.26. The number of hydrogen-bond acceptors (Lipinski definition) is 6. The van der Waals surface area contributed by atoms with Gasteiger partial charge < -0.3 is 20.7 Å². The number of amides is 2. The zero-order valence-electron chi connectivity index (χ0n) is 15.8. The van der Waals surface area contributed by atoms with Gasteiger partial charge in [-0.25, -0.2) is 4.98 Å². The number of benzene rings is 1. The Morgan fingerprint density at radius 3 is 2.50 bits per heavy atom. The lowest BCUT2D eigenvalue weighted by Crippen LogP contribution is -2.54. The summed E-state index contributed by atoms with van der Waals surface area (Å²) >= 11 is 0. The molecule has 0 spiro atoms. The van der Waals surface area contributed by atoms with Crippen LogP contribution in [0.2, 0.25) is 0 Å². The standard InChI is InChI=1S/C19H25BN4O4/c1-2-3-9-17(20(27)28)24-18(25)15(12-14-7-5-4-6-8-14)23-19(26)16-13-21-10-11-22-16/h4-8,10-11,13,15,17,27-28H,2-3,9,12H2,1H3,(H,23,26)(H,24,25)/t15-,17?/m0/s1. The number of aromatic nitrogens is 2. The van der Waals surface area contributed by atoms with E-state index in [1.807, 2.05) is 37.3 Å². The molecule has 1 unspecified atom stereocenters. The second-order valence-electron chi connectivity index (χ2n) is 6.48. The van der Waals surface area contributed by atoms with Crippen molar-refractivity contribution < 1.29 is 19.6 Å². The number of rotatable bonds is 10. The van der Waals surface area contributed by atoms with E-state index in [0.717, 1.165) is 18.4 Å². The third kappa shape index (κ3) is 6.75. The van der Waals surface area contributed by atoms with Crippen LogP contribution < -0.4 is 10.6 Å². The number of hydrogen-bond donors (Lipinski definition) is 4. The topological polar surface area (TPSA) is 124 Å². The molecular weight excluding hydrogens is 359 g/mol. The number of nitrogens with one attached hydrogen (secondary N) is 2. The Kier molecular flexibility index (Phi) is 8.58. The minimum absolute atomic E-state index is 0.0955. The molecule has 2 amide bonds. The van der Waals surface area contributed by atoms with Gasteiger partial charge >= 0.3 is 7.12 Å². The van der Waals surface area contributed by atoms with Gasteiger partial charge in [0.1, 0.15) is 11.7 Å². The Balaban J connectivity index is 2.14. The van der Waals surface area contributed by atoms with E-state index in [9.17, 15) is 19.6 Å². The summed E-state index contributed by atoms with van der Waals surface area (Å²) in [5, 5.41) is 24.4. The molecule has 0 saturated carbocycles. The van der Waals surface area contributed by atoms with E-state index < -0.39 is 30.9 Å². The summed E-state index contributed by atoms with van der Waals surface area (Å²) in [5.74, 6) is -1.83. The van der Waals surface area contributed by atoms with E-state index in [-0.39, 0.29) is 12.1 Å². The monoisotopic (exact) mass is 384 g/mol. The highest BCUT2D eigenvalue weighted by Gasteiger charge is 2.29. The first kappa shape index (κ1) is 21.5. The van der Waals surface area contributed by atoms with E-state index in [1.165, 1.54) is 18.6 Å².